The van der Waals surface area contributed by atoms with Crippen molar-refractivity contribution in [3.8, 4) is 0 Å². The topological polar surface area (TPSA) is 97.4 Å². The van der Waals surface area contributed by atoms with Crippen LogP contribution < -0.4 is 5.32 Å². The molecule has 7 heteroatoms. The van der Waals surface area contributed by atoms with Crippen LogP contribution in [0.5, 0.6) is 0 Å². The quantitative estimate of drug-likeness (QED) is 0.591. The zero-order valence-corrected chi connectivity index (χ0v) is 10.7. The van der Waals surface area contributed by atoms with Crippen LogP contribution in [-0.4, -0.2) is 33.2 Å². The summed E-state index contributed by atoms with van der Waals surface area (Å²) in [6.45, 7) is 2.47. The lowest BCUT2D eigenvalue weighted by atomic mass is 10.2. The van der Waals surface area contributed by atoms with Gasteiger partial charge in [0, 0.05) is 19.2 Å². The first-order valence-corrected chi connectivity index (χ1v) is 6.33. The first-order chi connectivity index (χ1) is 9.02. The van der Waals surface area contributed by atoms with E-state index in [1.165, 1.54) is 16.8 Å². The van der Waals surface area contributed by atoms with Crippen LogP contribution in [0.2, 0.25) is 0 Å². The molecule has 1 heterocycles. The van der Waals surface area contributed by atoms with Crippen LogP contribution in [0.4, 0.5) is 5.69 Å². The lowest BCUT2D eigenvalue weighted by molar-refractivity contribution is -0.384. The fourth-order valence-corrected chi connectivity index (χ4v) is 1.98. The molecule has 1 aliphatic carbocycles. The molecule has 1 atom stereocenters. The highest BCUT2D eigenvalue weighted by molar-refractivity contribution is 5.93. The lowest BCUT2D eigenvalue weighted by Gasteiger charge is -2.11. The number of aryl methyl sites for hydroxylation is 1. The standard InChI is InChI=1S/C12H17N3O4/c1-2-14-7-9(15(18)19)5-10(14)12(17)13-6-11(16)8-3-4-8/h5,7-8,11,16H,2-4,6H2,1H3,(H,13,17). The number of carbonyl (C=O) groups excluding carboxylic acids is 1. The van der Waals surface area contributed by atoms with Crippen LogP contribution in [0.1, 0.15) is 30.3 Å². The fraction of sp³-hybridized carbons (Fsp3) is 0.583. The van der Waals surface area contributed by atoms with Gasteiger partial charge in [-0.3, -0.25) is 14.9 Å². The molecular formula is C12H17N3O4. The van der Waals surface area contributed by atoms with Gasteiger partial charge in [-0.1, -0.05) is 0 Å². The number of amides is 1. The van der Waals surface area contributed by atoms with Crippen molar-refractivity contribution in [1.29, 1.82) is 0 Å². The second kappa shape index (κ2) is 5.40. The van der Waals surface area contributed by atoms with Gasteiger partial charge in [0.05, 0.1) is 17.2 Å². The minimum atomic E-state index is -0.526. The van der Waals surface area contributed by atoms with Gasteiger partial charge in [0.25, 0.3) is 11.6 Å². The zero-order chi connectivity index (χ0) is 14.0. The Morgan fingerprint density at radius 3 is 2.89 bits per heavy atom. The maximum absolute atomic E-state index is 11.9. The van der Waals surface area contributed by atoms with E-state index < -0.39 is 16.9 Å². The number of hydrogen-bond acceptors (Lipinski definition) is 4. The number of aromatic nitrogens is 1. The molecule has 2 N–H and O–H groups in total. The number of hydrogen-bond donors (Lipinski definition) is 2. The Hall–Kier alpha value is -1.89. The molecule has 1 unspecified atom stereocenters. The van der Waals surface area contributed by atoms with E-state index in [1.54, 1.807) is 6.92 Å². The van der Waals surface area contributed by atoms with Gasteiger partial charge < -0.3 is 15.0 Å². The average Bonchev–Trinajstić information content (AvgIpc) is 3.13. The Kier molecular flexibility index (Phi) is 3.84. The van der Waals surface area contributed by atoms with E-state index in [0.29, 0.717) is 6.54 Å². The highest BCUT2D eigenvalue weighted by atomic mass is 16.6. The van der Waals surface area contributed by atoms with Crippen molar-refractivity contribution in [3.05, 3.63) is 28.1 Å². The summed E-state index contributed by atoms with van der Waals surface area (Å²) in [4.78, 5) is 22.1. The summed E-state index contributed by atoms with van der Waals surface area (Å²) >= 11 is 0. The summed E-state index contributed by atoms with van der Waals surface area (Å²) in [5.74, 6) is -0.109. The van der Waals surface area contributed by atoms with E-state index in [-0.39, 0.29) is 23.8 Å². The van der Waals surface area contributed by atoms with E-state index in [9.17, 15) is 20.0 Å². The molecule has 1 saturated carbocycles. The number of aliphatic hydroxyl groups excluding tert-OH is 1. The van der Waals surface area contributed by atoms with Crippen LogP contribution in [-0.2, 0) is 6.54 Å². The van der Waals surface area contributed by atoms with Gasteiger partial charge in [0.15, 0.2) is 0 Å². The Labute approximate surface area is 110 Å². The van der Waals surface area contributed by atoms with Crippen molar-refractivity contribution in [1.82, 2.24) is 9.88 Å². The largest absolute Gasteiger partial charge is 0.391 e. The van der Waals surface area contributed by atoms with E-state index in [0.717, 1.165) is 12.8 Å². The van der Waals surface area contributed by atoms with Gasteiger partial charge in [-0.15, -0.1) is 0 Å². The predicted molar refractivity (Wildman–Crippen MR) is 67.8 cm³/mol. The highest BCUT2D eigenvalue weighted by Gasteiger charge is 2.30. The summed E-state index contributed by atoms with van der Waals surface area (Å²) in [5, 5.41) is 23.0. The molecule has 0 spiro atoms. The van der Waals surface area contributed by atoms with Crippen molar-refractivity contribution in [2.24, 2.45) is 5.92 Å². The number of aliphatic hydroxyl groups is 1. The van der Waals surface area contributed by atoms with E-state index in [2.05, 4.69) is 5.32 Å². The van der Waals surface area contributed by atoms with E-state index in [1.807, 2.05) is 0 Å². The molecule has 104 valence electrons. The molecule has 19 heavy (non-hydrogen) atoms. The van der Waals surface area contributed by atoms with Crippen molar-refractivity contribution >= 4 is 11.6 Å². The molecule has 1 aliphatic rings. The highest BCUT2D eigenvalue weighted by Crippen LogP contribution is 2.32. The molecule has 1 aromatic heterocycles. The fourth-order valence-electron chi connectivity index (χ4n) is 1.98. The van der Waals surface area contributed by atoms with Crippen LogP contribution in [0.3, 0.4) is 0 Å². The smallest absolute Gasteiger partial charge is 0.287 e. The molecule has 0 aliphatic heterocycles. The lowest BCUT2D eigenvalue weighted by Crippen LogP contribution is -2.34. The summed E-state index contributed by atoms with van der Waals surface area (Å²) < 4.78 is 1.52. The monoisotopic (exact) mass is 267 g/mol. The molecule has 0 saturated heterocycles. The third-order valence-corrected chi connectivity index (χ3v) is 3.30. The maximum atomic E-state index is 11.9. The van der Waals surface area contributed by atoms with E-state index >= 15 is 0 Å². The van der Waals surface area contributed by atoms with Gasteiger partial charge >= 0.3 is 0 Å². The summed E-state index contributed by atoms with van der Waals surface area (Å²) in [6, 6.07) is 1.25. The molecule has 1 amide bonds. The number of nitro groups is 1. The number of nitrogens with one attached hydrogen (secondary N) is 1. The second-order valence-electron chi connectivity index (χ2n) is 4.74. The third-order valence-electron chi connectivity index (χ3n) is 3.30. The van der Waals surface area contributed by atoms with Crippen molar-refractivity contribution in [3.63, 3.8) is 0 Å². The van der Waals surface area contributed by atoms with Gasteiger partial charge in [-0.05, 0) is 25.7 Å². The van der Waals surface area contributed by atoms with Crippen LogP contribution >= 0.6 is 0 Å². The normalized spacial score (nSPS) is 16.1. The number of rotatable bonds is 6. The third kappa shape index (κ3) is 3.11. The van der Waals surface area contributed by atoms with Gasteiger partial charge in [-0.2, -0.15) is 0 Å². The second-order valence-corrected chi connectivity index (χ2v) is 4.74. The number of carbonyl (C=O) groups is 1. The molecular weight excluding hydrogens is 250 g/mol. The molecule has 1 aromatic rings. The zero-order valence-electron chi connectivity index (χ0n) is 10.7. The molecule has 1 fully saturated rings. The van der Waals surface area contributed by atoms with Crippen LogP contribution in [0.25, 0.3) is 0 Å². The maximum Gasteiger partial charge on any atom is 0.287 e. The van der Waals surface area contributed by atoms with Crippen molar-refractivity contribution in [2.45, 2.75) is 32.4 Å². The van der Waals surface area contributed by atoms with Crippen molar-refractivity contribution < 1.29 is 14.8 Å². The van der Waals surface area contributed by atoms with Gasteiger partial charge in [0.2, 0.25) is 0 Å². The molecule has 0 aromatic carbocycles. The SMILES string of the molecule is CCn1cc([N+](=O)[O-])cc1C(=O)NCC(O)C1CC1. The average molecular weight is 267 g/mol. The first-order valence-electron chi connectivity index (χ1n) is 6.33. The number of nitrogens with zero attached hydrogens (tertiary/aromatic N) is 2. The minimum Gasteiger partial charge on any atom is -0.391 e. The van der Waals surface area contributed by atoms with Crippen LogP contribution in [0, 0.1) is 16.0 Å². The van der Waals surface area contributed by atoms with E-state index in [4.69, 9.17) is 0 Å². The minimum absolute atomic E-state index is 0.102. The Bertz CT molecular complexity index is 493. The summed E-state index contributed by atoms with van der Waals surface area (Å²) in [5.41, 5.74) is 0.145. The predicted octanol–water partition coefficient (Wildman–Crippen LogP) is 0.917. The molecule has 7 nitrogen and oxygen atoms in total. The van der Waals surface area contributed by atoms with Crippen LogP contribution in [0.15, 0.2) is 12.3 Å². The summed E-state index contributed by atoms with van der Waals surface area (Å²) in [6.07, 6.45) is 2.80. The molecule has 2 rings (SSSR count). The first kappa shape index (κ1) is 13.5. The molecule has 0 radical (unpaired) electrons. The van der Waals surface area contributed by atoms with Gasteiger partial charge in [0.1, 0.15) is 5.69 Å². The molecule has 0 bridgehead atoms. The Morgan fingerprint density at radius 2 is 2.37 bits per heavy atom. The van der Waals surface area contributed by atoms with Gasteiger partial charge in [-0.25, -0.2) is 0 Å². The Morgan fingerprint density at radius 1 is 1.68 bits per heavy atom. The van der Waals surface area contributed by atoms with Crippen molar-refractivity contribution in [2.75, 3.05) is 6.54 Å². The Balaban J connectivity index is 2.02. The summed E-state index contributed by atoms with van der Waals surface area (Å²) in [7, 11) is 0.